The van der Waals surface area contributed by atoms with Crippen LogP contribution in [0.2, 0.25) is 0 Å². The second kappa shape index (κ2) is 7.69. The molecule has 0 N–H and O–H groups in total. The van der Waals surface area contributed by atoms with Gasteiger partial charge in [0.2, 0.25) is 0 Å². The summed E-state index contributed by atoms with van der Waals surface area (Å²) in [6, 6.07) is 25.6. The molecule has 0 aliphatic carbocycles. The molecular weight excluding hydrogens is 386 g/mol. The molecule has 0 saturated carbocycles. The quantitative estimate of drug-likeness (QED) is 0.450. The number of fused-ring (bicyclic) bond motifs is 2. The van der Waals surface area contributed by atoms with Crippen LogP contribution in [0.25, 0.3) is 21.8 Å². The van der Waals surface area contributed by atoms with Crippen molar-refractivity contribution in [3.63, 3.8) is 0 Å². The van der Waals surface area contributed by atoms with Crippen LogP contribution in [0.15, 0.2) is 94.6 Å². The minimum absolute atomic E-state index is 0.208. The fourth-order valence-corrected chi connectivity index (χ4v) is 4.01. The van der Waals surface area contributed by atoms with E-state index in [1.807, 2.05) is 55.5 Å². The lowest BCUT2D eigenvalue weighted by atomic mass is 10.0. The topological polar surface area (TPSA) is 56.9 Å². The maximum Gasteiger partial charge on any atom is 0.332 e. The first-order valence-corrected chi connectivity index (χ1v) is 10.2. The van der Waals surface area contributed by atoms with Gasteiger partial charge in [0, 0.05) is 6.20 Å². The SMILES string of the molecule is Cc1ccc(Cn2c(=O)c3ncccc3n(Cc3cccc4ccccc34)c2=O)cc1. The van der Waals surface area contributed by atoms with Crippen molar-refractivity contribution in [2.75, 3.05) is 0 Å². The highest BCUT2D eigenvalue weighted by atomic mass is 16.2. The molecule has 31 heavy (non-hydrogen) atoms. The van der Waals surface area contributed by atoms with Gasteiger partial charge in [0.1, 0.15) is 0 Å². The molecule has 0 aliphatic rings. The van der Waals surface area contributed by atoms with E-state index in [2.05, 4.69) is 23.2 Å². The highest BCUT2D eigenvalue weighted by Crippen LogP contribution is 2.20. The van der Waals surface area contributed by atoms with Crippen LogP contribution in [-0.2, 0) is 13.1 Å². The fourth-order valence-electron chi connectivity index (χ4n) is 4.01. The van der Waals surface area contributed by atoms with Crippen molar-refractivity contribution in [1.29, 1.82) is 0 Å². The van der Waals surface area contributed by atoms with E-state index in [0.29, 0.717) is 17.6 Å². The molecule has 0 fully saturated rings. The van der Waals surface area contributed by atoms with Crippen LogP contribution in [0.1, 0.15) is 16.7 Å². The summed E-state index contributed by atoms with van der Waals surface area (Å²) in [5.41, 5.74) is 3.20. The standard InChI is InChI=1S/C26H21N3O2/c1-18-11-13-19(14-12-18)16-29-25(30)24-23(10-5-15-27-24)28(26(29)31)17-21-8-4-7-20-6-2-3-9-22(20)21/h2-15H,16-17H2,1H3. The molecule has 0 amide bonds. The van der Waals surface area contributed by atoms with Crippen molar-refractivity contribution in [3.8, 4) is 0 Å². The van der Waals surface area contributed by atoms with Gasteiger partial charge in [-0.05, 0) is 41.0 Å². The number of rotatable bonds is 4. The summed E-state index contributed by atoms with van der Waals surface area (Å²) in [6.07, 6.45) is 1.59. The zero-order chi connectivity index (χ0) is 21.4. The first-order chi connectivity index (χ1) is 15.1. The lowest BCUT2D eigenvalue weighted by Crippen LogP contribution is -2.40. The minimum atomic E-state index is -0.365. The Morgan fingerprint density at radius 2 is 1.55 bits per heavy atom. The number of pyridine rings is 1. The number of hydrogen-bond acceptors (Lipinski definition) is 3. The summed E-state index contributed by atoms with van der Waals surface area (Å²) < 4.78 is 2.94. The summed E-state index contributed by atoms with van der Waals surface area (Å²) in [5, 5.41) is 2.20. The molecule has 0 spiro atoms. The highest BCUT2D eigenvalue weighted by Gasteiger charge is 2.15. The average Bonchev–Trinajstić information content (AvgIpc) is 2.81. The summed E-state index contributed by atoms with van der Waals surface area (Å²) in [7, 11) is 0. The molecule has 5 rings (SSSR count). The zero-order valence-electron chi connectivity index (χ0n) is 17.2. The van der Waals surface area contributed by atoms with Crippen molar-refractivity contribution in [3.05, 3.63) is 123 Å². The third-order valence-electron chi connectivity index (χ3n) is 5.66. The first-order valence-electron chi connectivity index (χ1n) is 10.2. The Kier molecular flexibility index (Phi) is 4.71. The molecule has 152 valence electrons. The van der Waals surface area contributed by atoms with E-state index in [1.165, 1.54) is 4.57 Å². The monoisotopic (exact) mass is 407 g/mol. The predicted octanol–water partition coefficient (Wildman–Crippen LogP) is 4.12. The van der Waals surface area contributed by atoms with Gasteiger partial charge >= 0.3 is 5.69 Å². The van der Waals surface area contributed by atoms with Gasteiger partial charge in [0.25, 0.3) is 5.56 Å². The van der Waals surface area contributed by atoms with Crippen LogP contribution in [0.3, 0.4) is 0 Å². The van der Waals surface area contributed by atoms with Gasteiger partial charge < -0.3 is 0 Å². The number of benzene rings is 3. The lowest BCUT2D eigenvalue weighted by Gasteiger charge is -2.15. The third-order valence-corrected chi connectivity index (χ3v) is 5.66. The summed E-state index contributed by atoms with van der Waals surface area (Å²) in [4.78, 5) is 30.9. The molecule has 5 nitrogen and oxygen atoms in total. The van der Waals surface area contributed by atoms with Crippen LogP contribution in [0.4, 0.5) is 0 Å². The molecule has 0 saturated heterocycles. The molecule has 2 aromatic heterocycles. The number of aryl methyl sites for hydroxylation is 1. The van der Waals surface area contributed by atoms with E-state index in [0.717, 1.165) is 27.5 Å². The van der Waals surface area contributed by atoms with Crippen molar-refractivity contribution >= 4 is 21.8 Å². The Morgan fingerprint density at radius 3 is 2.39 bits per heavy atom. The van der Waals surface area contributed by atoms with Gasteiger partial charge in [-0.15, -0.1) is 0 Å². The Bertz CT molecular complexity index is 1520. The van der Waals surface area contributed by atoms with E-state index in [4.69, 9.17) is 0 Å². The number of aromatic nitrogens is 3. The van der Waals surface area contributed by atoms with Crippen LogP contribution < -0.4 is 11.2 Å². The van der Waals surface area contributed by atoms with Crippen molar-refractivity contribution in [2.24, 2.45) is 0 Å². The Hall–Kier alpha value is -3.99. The summed E-state index contributed by atoms with van der Waals surface area (Å²) >= 11 is 0. The summed E-state index contributed by atoms with van der Waals surface area (Å²) in [5.74, 6) is 0. The number of nitrogens with zero attached hydrogens (tertiary/aromatic N) is 3. The van der Waals surface area contributed by atoms with Crippen molar-refractivity contribution < 1.29 is 0 Å². The van der Waals surface area contributed by atoms with Crippen molar-refractivity contribution in [2.45, 2.75) is 20.0 Å². The largest absolute Gasteiger partial charge is 0.332 e. The fraction of sp³-hybridized carbons (Fsp3) is 0.115. The molecule has 2 heterocycles. The normalized spacial score (nSPS) is 11.3. The van der Waals surface area contributed by atoms with E-state index in [9.17, 15) is 9.59 Å². The molecule has 5 heteroatoms. The molecule has 0 radical (unpaired) electrons. The molecule has 5 aromatic rings. The molecule has 0 unspecified atom stereocenters. The van der Waals surface area contributed by atoms with E-state index in [1.54, 1.807) is 22.9 Å². The van der Waals surface area contributed by atoms with Gasteiger partial charge in [-0.25, -0.2) is 9.78 Å². The maximum absolute atomic E-state index is 13.5. The minimum Gasteiger partial charge on any atom is -0.287 e. The van der Waals surface area contributed by atoms with Gasteiger partial charge in [0.15, 0.2) is 5.52 Å². The molecule has 0 bridgehead atoms. The molecule has 0 atom stereocenters. The Morgan fingerprint density at radius 1 is 0.774 bits per heavy atom. The third kappa shape index (κ3) is 3.44. The van der Waals surface area contributed by atoms with Crippen molar-refractivity contribution in [1.82, 2.24) is 14.1 Å². The van der Waals surface area contributed by atoms with E-state index >= 15 is 0 Å². The Balaban J connectivity index is 1.71. The smallest absolute Gasteiger partial charge is 0.287 e. The average molecular weight is 407 g/mol. The Labute approximate surface area is 178 Å². The maximum atomic E-state index is 13.5. The van der Waals surface area contributed by atoms with Gasteiger partial charge in [-0.1, -0.05) is 72.3 Å². The second-order valence-corrected chi connectivity index (χ2v) is 7.76. The highest BCUT2D eigenvalue weighted by molar-refractivity contribution is 5.85. The van der Waals surface area contributed by atoms with Crippen LogP contribution in [-0.4, -0.2) is 14.1 Å². The number of hydrogen-bond donors (Lipinski definition) is 0. The summed E-state index contributed by atoms with van der Waals surface area (Å²) in [6.45, 7) is 2.57. The van der Waals surface area contributed by atoms with Gasteiger partial charge in [0.05, 0.1) is 18.6 Å². The zero-order valence-corrected chi connectivity index (χ0v) is 17.2. The van der Waals surface area contributed by atoms with E-state index < -0.39 is 0 Å². The van der Waals surface area contributed by atoms with Crippen LogP contribution in [0.5, 0.6) is 0 Å². The first kappa shape index (κ1) is 19.0. The van der Waals surface area contributed by atoms with Crippen LogP contribution >= 0.6 is 0 Å². The molecule has 0 aliphatic heterocycles. The van der Waals surface area contributed by atoms with E-state index in [-0.39, 0.29) is 17.8 Å². The predicted molar refractivity (Wildman–Crippen MR) is 124 cm³/mol. The molecule has 3 aromatic carbocycles. The lowest BCUT2D eigenvalue weighted by molar-refractivity contribution is 0.634. The van der Waals surface area contributed by atoms with Gasteiger partial charge in [-0.3, -0.25) is 13.9 Å². The second-order valence-electron chi connectivity index (χ2n) is 7.76. The molecular formula is C26H21N3O2. The van der Waals surface area contributed by atoms with Gasteiger partial charge in [-0.2, -0.15) is 0 Å². The van der Waals surface area contributed by atoms with Crippen LogP contribution in [0, 0.1) is 6.92 Å².